The maximum absolute atomic E-state index is 13.1. The van der Waals surface area contributed by atoms with Crippen LogP contribution >= 0.6 is 23.2 Å². The fraction of sp³-hybridized carbons (Fsp3) is 0.458. The highest BCUT2D eigenvalue weighted by atomic mass is 35.5. The molecule has 3 rings (SSSR count). The van der Waals surface area contributed by atoms with Crippen molar-refractivity contribution in [1.29, 1.82) is 0 Å². The van der Waals surface area contributed by atoms with E-state index in [2.05, 4.69) is 21.2 Å². The minimum absolute atomic E-state index is 0.116. The lowest BCUT2D eigenvalue weighted by atomic mass is 9.85. The van der Waals surface area contributed by atoms with E-state index in [0.717, 1.165) is 37.2 Å². The minimum Gasteiger partial charge on any atom is -0.489 e. The van der Waals surface area contributed by atoms with Crippen molar-refractivity contribution in [2.75, 3.05) is 24.6 Å². The molecular formula is C24H31Cl2N3O3S. The van der Waals surface area contributed by atoms with E-state index in [-0.39, 0.29) is 17.5 Å². The molecule has 0 unspecified atom stereocenters. The Labute approximate surface area is 207 Å². The quantitative estimate of drug-likeness (QED) is 0.474. The van der Waals surface area contributed by atoms with E-state index in [1.165, 1.54) is 0 Å². The summed E-state index contributed by atoms with van der Waals surface area (Å²) in [7, 11) is -1.30. The SMILES string of the molecule is C=CCOc1cc(Cl)c(Cl)cc1[C@H](N[S@@](=O)C(C)(C)C)C1CCN(c2cc[nH]c(=O)c2)CC1. The van der Waals surface area contributed by atoms with Gasteiger partial charge < -0.3 is 14.6 Å². The molecule has 0 amide bonds. The van der Waals surface area contributed by atoms with Crippen LogP contribution in [0, 0.1) is 5.92 Å². The van der Waals surface area contributed by atoms with Crippen LogP contribution in [0.15, 0.2) is 47.9 Å². The molecule has 0 saturated carbocycles. The summed E-state index contributed by atoms with van der Waals surface area (Å²) >= 11 is 12.7. The summed E-state index contributed by atoms with van der Waals surface area (Å²) in [6.07, 6.45) is 5.02. The van der Waals surface area contributed by atoms with Crippen LogP contribution in [0.3, 0.4) is 0 Å². The molecular weight excluding hydrogens is 481 g/mol. The number of halogens is 2. The predicted octanol–water partition coefficient (Wildman–Crippen LogP) is 5.26. The fourth-order valence-corrected chi connectivity index (χ4v) is 5.12. The van der Waals surface area contributed by atoms with Crippen molar-refractivity contribution in [3.8, 4) is 5.75 Å². The van der Waals surface area contributed by atoms with Crippen molar-refractivity contribution >= 4 is 39.9 Å². The third-order valence-corrected chi connectivity index (χ3v) is 7.97. The number of nitrogens with one attached hydrogen (secondary N) is 2. The van der Waals surface area contributed by atoms with Crippen LogP contribution in [0.4, 0.5) is 5.69 Å². The molecule has 33 heavy (non-hydrogen) atoms. The van der Waals surface area contributed by atoms with E-state index >= 15 is 0 Å². The third kappa shape index (κ3) is 6.63. The second kappa shape index (κ2) is 11.1. The van der Waals surface area contributed by atoms with Gasteiger partial charge in [-0.15, -0.1) is 0 Å². The van der Waals surface area contributed by atoms with E-state index < -0.39 is 15.7 Å². The Morgan fingerprint density at radius 1 is 1.27 bits per heavy atom. The summed E-state index contributed by atoms with van der Waals surface area (Å²) in [6.45, 7) is 11.4. The molecule has 1 aliphatic rings. The molecule has 1 saturated heterocycles. The van der Waals surface area contributed by atoms with Gasteiger partial charge in [0.25, 0.3) is 0 Å². The van der Waals surface area contributed by atoms with Gasteiger partial charge in [-0.1, -0.05) is 35.9 Å². The van der Waals surface area contributed by atoms with Crippen LogP contribution in [-0.4, -0.2) is 33.6 Å². The molecule has 2 heterocycles. The van der Waals surface area contributed by atoms with Crippen molar-refractivity contribution in [2.45, 2.75) is 44.4 Å². The number of pyridine rings is 1. The van der Waals surface area contributed by atoms with Crippen molar-refractivity contribution in [2.24, 2.45) is 5.92 Å². The zero-order valence-corrected chi connectivity index (χ0v) is 21.5. The zero-order valence-electron chi connectivity index (χ0n) is 19.2. The molecule has 0 aliphatic carbocycles. The van der Waals surface area contributed by atoms with E-state index in [1.54, 1.807) is 24.4 Å². The Balaban J connectivity index is 1.91. The van der Waals surface area contributed by atoms with Gasteiger partial charge >= 0.3 is 0 Å². The number of nitrogens with zero attached hydrogens (tertiary/aromatic N) is 1. The lowest BCUT2D eigenvalue weighted by Crippen LogP contribution is -2.43. The molecule has 180 valence electrons. The molecule has 1 aliphatic heterocycles. The molecule has 0 spiro atoms. The van der Waals surface area contributed by atoms with E-state index in [4.69, 9.17) is 27.9 Å². The molecule has 0 bridgehead atoms. The number of aromatic nitrogens is 1. The first-order valence-corrected chi connectivity index (χ1v) is 12.8. The minimum atomic E-state index is -1.30. The number of ether oxygens (including phenoxy) is 1. The van der Waals surface area contributed by atoms with Gasteiger partial charge in [0.2, 0.25) is 5.56 Å². The fourth-order valence-electron chi connectivity index (χ4n) is 3.89. The summed E-state index contributed by atoms with van der Waals surface area (Å²) in [6, 6.07) is 6.80. The molecule has 1 fully saturated rings. The number of benzene rings is 1. The summed E-state index contributed by atoms with van der Waals surface area (Å²) in [5.41, 5.74) is 1.62. The van der Waals surface area contributed by atoms with Crippen LogP contribution in [-0.2, 0) is 11.0 Å². The Hall–Kier alpha value is -1.80. The maximum atomic E-state index is 13.1. The molecule has 1 aromatic heterocycles. The number of hydrogen-bond acceptors (Lipinski definition) is 4. The van der Waals surface area contributed by atoms with Gasteiger partial charge in [-0.25, -0.2) is 8.93 Å². The first-order chi connectivity index (χ1) is 15.6. The van der Waals surface area contributed by atoms with Gasteiger partial charge in [0, 0.05) is 42.7 Å². The normalized spacial score (nSPS) is 16.9. The van der Waals surface area contributed by atoms with Crippen molar-refractivity contribution in [1.82, 2.24) is 9.71 Å². The number of aromatic amines is 1. The van der Waals surface area contributed by atoms with Gasteiger partial charge in [0.05, 0.1) is 31.8 Å². The summed E-state index contributed by atoms with van der Waals surface area (Å²) < 4.78 is 22.0. The lowest BCUT2D eigenvalue weighted by molar-refractivity contribution is 0.309. The molecule has 0 radical (unpaired) electrons. The topological polar surface area (TPSA) is 74.4 Å². The molecule has 6 nitrogen and oxygen atoms in total. The number of anilines is 1. The highest BCUT2D eigenvalue weighted by molar-refractivity contribution is 7.84. The van der Waals surface area contributed by atoms with Gasteiger partial charge in [-0.05, 0) is 51.7 Å². The average Bonchev–Trinajstić information content (AvgIpc) is 2.77. The Kier molecular flexibility index (Phi) is 8.67. The molecule has 2 aromatic rings. The zero-order chi connectivity index (χ0) is 24.2. The Bertz CT molecular complexity index is 1060. The largest absolute Gasteiger partial charge is 0.489 e. The standard InChI is InChI=1S/C24H31Cl2N3O3S/c1-5-12-32-21-15-20(26)19(25)14-18(21)23(28-33(31)24(2,3)4)16-7-10-29(11-8-16)17-6-9-27-22(30)13-17/h5-6,9,13-16,23,28H,1,7-8,10-12H2,2-4H3,(H,27,30)/t23-,33+/m1/s1. The van der Waals surface area contributed by atoms with Gasteiger partial charge in [-0.3, -0.25) is 4.79 Å². The first kappa shape index (κ1) is 25.8. The van der Waals surface area contributed by atoms with Crippen molar-refractivity contribution in [3.05, 3.63) is 69.1 Å². The predicted molar refractivity (Wildman–Crippen MR) is 138 cm³/mol. The summed E-state index contributed by atoms with van der Waals surface area (Å²) in [5.74, 6) is 0.780. The summed E-state index contributed by atoms with van der Waals surface area (Å²) in [4.78, 5) is 16.6. The van der Waals surface area contributed by atoms with Crippen LogP contribution in [0.25, 0.3) is 0 Å². The number of rotatable bonds is 8. The van der Waals surface area contributed by atoms with E-state index in [1.807, 2.05) is 32.9 Å². The lowest BCUT2D eigenvalue weighted by Gasteiger charge is -2.38. The Morgan fingerprint density at radius 2 is 1.94 bits per heavy atom. The third-order valence-electron chi connectivity index (χ3n) is 5.67. The highest BCUT2D eigenvalue weighted by Gasteiger charge is 2.33. The van der Waals surface area contributed by atoms with Crippen LogP contribution < -0.4 is 19.9 Å². The molecule has 9 heteroatoms. The van der Waals surface area contributed by atoms with E-state index in [0.29, 0.717) is 22.4 Å². The second-order valence-electron chi connectivity index (χ2n) is 9.12. The average molecular weight is 513 g/mol. The van der Waals surface area contributed by atoms with E-state index in [9.17, 15) is 9.00 Å². The van der Waals surface area contributed by atoms with Crippen LogP contribution in [0.5, 0.6) is 5.75 Å². The smallest absolute Gasteiger partial charge is 0.249 e. The molecule has 2 N–H and O–H groups in total. The van der Waals surface area contributed by atoms with Crippen molar-refractivity contribution in [3.63, 3.8) is 0 Å². The van der Waals surface area contributed by atoms with Crippen molar-refractivity contribution < 1.29 is 8.95 Å². The van der Waals surface area contributed by atoms with Gasteiger partial charge in [0.15, 0.2) is 0 Å². The second-order valence-corrected chi connectivity index (χ2v) is 11.9. The molecule has 1 aromatic carbocycles. The van der Waals surface area contributed by atoms with Gasteiger partial charge in [-0.2, -0.15) is 0 Å². The van der Waals surface area contributed by atoms with Crippen LogP contribution in [0.1, 0.15) is 45.2 Å². The first-order valence-electron chi connectivity index (χ1n) is 10.9. The maximum Gasteiger partial charge on any atom is 0.249 e. The van der Waals surface area contributed by atoms with Gasteiger partial charge in [0.1, 0.15) is 12.4 Å². The summed E-state index contributed by atoms with van der Waals surface area (Å²) in [5, 5.41) is 0.825. The Morgan fingerprint density at radius 3 is 2.55 bits per heavy atom. The number of piperidine rings is 1. The number of hydrogen-bond donors (Lipinski definition) is 2. The highest BCUT2D eigenvalue weighted by Crippen LogP contribution is 2.40. The molecule has 2 atom stereocenters. The number of H-pyrrole nitrogens is 1. The monoisotopic (exact) mass is 511 g/mol. The van der Waals surface area contributed by atoms with Crippen LogP contribution in [0.2, 0.25) is 10.0 Å².